The summed E-state index contributed by atoms with van der Waals surface area (Å²) in [5.74, 6) is 0.991. The average Bonchev–Trinajstić information content (AvgIpc) is 2.24. The second-order valence-corrected chi connectivity index (χ2v) is 9.24. The molecule has 0 saturated carbocycles. The Bertz CT molecular complexity index is 183. The molecule has 0 aromatic carbocycles. The summed E-state index contributed by atoms with van der Waals surface area (Å²) in [6, 6.07) is 3.87. The van der Waals surface area contributed by atoms with Crippen LogP contribution in [-0.4, -0.2) is 27.5 Å². The molecule has 0 bridgehead atoms. The molecular weight excluding hydrogens is 208 g/mol. The van der Waals surface area contributed by atoms with Crippen LogP contribution in [0.2, 0.25) is 18.1 Å². The summed E-state index contributed by atoms with van der Waals surface area (Å²) in [6.45, 7) is 7.66. The lowest BCUT2D eigenvalue weighted by Gasteiger charge is -2.19. The largest absolute Gasteiger partial charge is 0.384 e. The van der Waals surface area contributed by atoms with Gasteiger partial charge in [-0.2, -0.15) is 0 Å². The number of rotatable bonds is 6. The minimum absolute atomic E-state index is 0.804. The molecule has 82 valence electrons. The highest BCUT2D eigenvalue weighted by Gasteiger charge is 2.23. The highest BCUT2D eigenvalue weighted by atomic mass is 32.2. The first-order valence-electron chi connectivity index (χ1n) is 5.37. The smallest absolute Gasteiger partial charge is 0.138 e. The lowest BCUT2D eigenvalue weighted by molar-refractivity contribution is 0.219. The van der Waals surface area contributed by atoms with Gasteiger partial charge in [-0.15, -0.1) is 5.54 Å². The van der Waals surface area contributed by atoms with Crippen molar-refractivity contribution in [3.63, 3.8) is 0 Å². The van der Waals surface area contributed by atoms with Gasteiger partial charge in [0.25, 0.3) is 0 Å². The van der Waals surface area contributed by atoms with Gasteiger partial charge in [0.1, 0.15) is 8.07 Å². The molecule has 0 aromatic rings. The minimum atomic E-state index is -1.20. The standard InChI is InChI=1S/C11H22OSSi/c1-5-14(6-2,7-3)11-10-13-9-8-12-4/h5-9H2,1-4H3. The fourth-order valence-corrected chi connectivity index (χ4v) is 4.87. The Hall–Kier alpha value is 0.0869. The zero-order valence-corrected chi connectivity index (χ0v) is 11.7. The molecule has 0 atom stereocenters. The SMILES string of the molecule is CC[Si](C#CSCCOC)(CC)CC. The number of ether oxygens (including phenoxy) is 1. The molecule has 0 heterocycles. The molecule has 0 saturated heterocycles. The zero-order valence-electron chi connectivity index (χ0n) is 9.85. The van der Waals surface area contributed by atoms with Crippen LogP contribution in [0.3, 0.4) is 0 Å². The molecule has 0 aliphatic carbocycles. The Labute approximate surface area is 94.0 Å². The highest BCUT2D eigenvalue weighted by Crippen LogP contribution is 2.19. The molecule has 0 spiro atoms. The van der Waals surface area contributed by atoms with Crippen molar-refractivity contribution in [2.24, 2.45) is 0 Å². The summed E-state index contributed by atoms with van der Waals surface area (Å²) in [4.78, 5) is 0. The van der Waals surface area contributed by atoms with E-state index in [-0.39, 0.29) is 0 Å². The summed E-state index contributed by atoms with van der Waals surface area (Å²) in [6.07, 6.45) is 0. The van der Waals surface area contributed by atoms with Crippen molar-refractivity contribution in [1.82, 2.24) is 0 Å². The monoisotopic (exact) mass is 230 g/mol. The Kier molecular flexibility index (Phi) is 8.45. The predicted molar refractivity (Wildman–Crippen MR) is 69.3 cm³/mol. The van der Waals surface area contributed by atoms with Gasteiger partial charge in [-0.05, 0) is 23.4 Å². The van der Waals surface area contributed by atoms with E-state index in [4.69, 9.17) is 4.74 Å². The molecule has 3 heteroatoms. The molecule has 14 heavy (non-hydrogen) atoms. The third-order valence-corrected chi connectivity index (χ3v) is 8.32. The van der Waals surface area contributed by atoms with Crippen LogP contribution < -0.4 is 0 Å². The third-order valence-electron chi connectivity index (χ3n) is 2.81. The van der Waals surface area contributed by atoms with Crippen LogP contribution in [0.25, 0.3) is 0 Å². The number of hydrogen-bond donors (Lipinski definition) is 0. The van der Waals surface area contributed by atoms with Crippen molar-refractivity contribution in [2.45, 2.75) is 38.9 Å². The average molecular weight is 230 g/mol. The molecule has 0 aliphatic rings. The van der Waals surface area contributed by atoms with E-state index >= 15 is 0 Å². The number of thioether (sulfide) groups is 1. The van der Waals surface area contributed by atoms with Crippen molar-refractivity contribution < 1.29 is 4.74 Å². The Morgan fingerprint density at radius 1 is 1.14 bits per heavy atom. The highest BCUT2D eigenvalue weighted by molar-refractivity contribution is 8.03. The van der Waals surface area contributed by atoms with Gasteiger partial charge in [-0.1, -0.05) is 32.5 Å². The van der Waals surface area contributed by atoms with E-state index in [1.807, 2.05) is 0 Å². The van der Waals surface area contributed by atoms with Crippen LogP contribution in [0.1, 0.15) is 20.8 Å². The van der Waals surface area contributed by atoms with Crippen LogP contribution in [0.5, 0.6) is 0 Å². The maximum Gasteiger partial charge on any atom is 0.138 e. The molecule has 0 fully saturated rings. The first kappa shape index (κ1) is 14.1. The zero-order chi connectivity index (χ0) is 10.9. The lowest BCUT2D eigenvalue weighted by Crippen LogP contribution is -2.29. The van der Waals surface area contributed by atoms with E-state index in [2.05, 4.69) is 31.6 Å². The maximum atomic E-state index is 4.98. The van der Waals surface area contributed by atoms with E-state index < -0.39 is 8.07 Å². The van der Waals surface area contributed by atoms with Gasteiger partial charge >= 0.3 is 0 Å². The van der Waals surface area contributed by atoms with E-state index in [1.54, 1.807) is 18.9 Å². The van der Waals surface area contributed by atoms with Crippen LogP contribution in [0.15, 0.2) is 0 Å². The van der Waals surface area contributed by atoms with E-state index in [0.717, 1.165) is 12.4 Å². The second-order valence-electron chi connectivity index (χ2n) is 3.41. The minimum Gasteiger partial charge on any atom is -0.384 e. The summed E-state index contributed by atoms with van der Waals surface area (Å²) >= 11 is 1.70. The number of hydrogen-bond acceptors (Lipinski definition) is 2. The van der Waals surface area contributed by atoms with Gasteiger partial charge in [-0.25, -0.2) is 0 Å². The predicted octanol–water partition coefficient (Wildman–Crippen LogP) is 3.37. The third kappa shape index (κ3) is 5.09. The van der Waals surface area contributed by atoms with E-state index in [0.29, 0.717) is 0 Å². The van der Waals surface area contributed by atoms with Crippen LogP contribution in [0.4, 0.5) is 0 Å². The van der Waals surface area contributed by atoms with Crippen LogP contribution in [-0.2, 0) is 4.74 Å². The Morgan fingerprint density at radius 2 is 1.71 bits per heavy atom. The second kappa shape index (κ2) is 8.40. The Balaban J connectivity index is 4.00. The van der Waals surface area contributed by atoms with Gasteiger partial charge in [0.2, 0.25) is 0 Å². The quantitative estimate of drug-likeness (QED) is 0.393. The molecule has 0 aliphatic heterocycles. The molecule has 0 unspecified atom stereocenters. The number of methoxy groups -OCH3 is 1. The van der Waals surface area contributed by atoms with Crippen LogP contribution >= 0.6 is 11.8 Å². The summed E-state index contributed by atoms with van der Waals surface area (Å²) in [5, 5.41) is 3.26. The summed E-state index contributed by atoms with van der Waals surface area (Å²) < 4.78 is 4.98. The van der Waals surface area contributed by atoms with Gasteiger partial charge in [0.05, 0.1) is 6.61 Å². The van der Waals surface area contributed by atoms with Gasteiger partial charge in [0, 0.05) is 12.9 Å². The van der Waals surface area contributed by atoms with E-state index in [1.165, 1.54) is 18.1 Å². The van der Waals surface area contributed by atoms with Crippen molar-refractivity contribution in [3.8, 4) is 10.8 Å². The molecule has 0 N–H and O–H groups in total. The maximum absolute atomic E-state index is 4.98. The fraction of sp³-hybridized carbons (Fsp3) is 0.818. The fourth-order valence-electron chi connectivity index (χ4n) is 1.34. The molecule has 0 aromatic heterocycles. The summed E-state index contributed by atoms with van der Waals surface area (Å²) in [7, 11) is 0.533. The first-order chi connectivity index (χ1) is 6.74. The molecular formula is C11H22OSSi. The molecule has 0 amide bonds. The van der Waals surface area contributed by atoms with Gasteiger partial charge in [0.15, 0.2) is 0 Å². The molecule has 0 radical (unpaired) electrons. The summed E-state index contributed by atoms with van der Waals surface area (Å²) in [5.41, 5.74) is 3.54. The van der Waals surface area contributed by atoms with Crippen LogP contribution in [0, 0.1) is 10.8 Å². The lowest BCUT2D eigenvalue weighted by atomic mass is 10.9. The van der Waals surface area contributed by atoms with Gasteiger partial charge < -0.3 is 4.74 Å². The van der Waals surface area contributed by atoms with Crippen molar-refractivity contribution in [1.29, 1.82) is 0 Å². The van der Waals surface area contributed by atoms with Crippen molar-refractivity contribution in [2.75, 3.05) is 19.5 Å². The Morgan fingerprint density at radius 3 is 2.14 bits per heavy atom. The van der Waals surface area contributed by atoms with Crippen molar-refractivity contribution >= 4 is 19.8 Å². The normalized spacial score (nSPS) is 10.9. The molecule has 0 rings (SSSR count). The van der Waals surface area contributed by atoms with Crippen molar-refractivity contribution in [3.05, 3.63) is 0 Å². The molecule has 1 nitrogen and oxygen atoms in total. The first-order valence-corrected chi connectivity index (χ1v) is 8.98. The van der Waals surface area contributed by atoms with Gasteiger partial charge in [-0.3, -0.25) is 0 Å². The van der Waals surface area contributed by atoms with E-state index in [9.17, 15) is 0 Å². The topological polar surface area (TPSA) is 9.23 Å².